The monoisotopic (exact) mass is 245 g/mol. The van der Waals surface area contributed by atoms with E-state index in [-0.39, 0.29) is 22.9 Å². The van der Waals surface area contributed by atoms with E-state index in [1.165, 1.54) is 18.2 Å². The first-order valence-electron chi connectivity index (χ1n) is 4.56. The molecule has 0 radical (unpaired) electrons. The minimum absolute atomic E-state index is 0.00244. The van der Waals surface area contributed by atoms with E-state index in [0.717, 1.165) is 0 Å². The number of aliphatic hydroxyl groups is 2. The van der Waals surface area contributed by atoms with Gasteiger partial charge in [-0.1, -0.05) is 18.3 Å². The maximum absolute atomic E-state index is 13.3. The van der Waals surface area contributed by atoms with Gasteiger partial charge in [0.2, 0.25) is 0 Å². The van der Waals surface area contributed by atoms with Crippen LogP contribution in [0.25, 0.3) is 0 Å². The van der Waals surface area contributed by atoms with Crippen molar-refractivity contribution in [1.82, 2.24) is 0 Å². The molecule has 0 aliphatic heterocycles. The van der Waals surface area contributed by atoms with Crippen molar-refractivity contribution in [2.45, 2.75) is 6.10 Å². The molecule has 0 saturated carbocycles. The summed E-state index contributed by atoms with van der Waals surface area (Å²) in [4.78, 5) is -0.119. The Hall–Kier alpha value is -1.24. The molecule has 0 aromatic heterocycles. The second-order valence-corrected chi connectivity index (χ2v) is 3.56. The summed E-state index contributed by atoms with van der Waals surface area (Å²) >= 11 is 4.69. The molecule has 0 fully saturated rings. The highest BCUT2D eigenvalue weighted by Gasteiger charge is 2.13. The normalized spacial score (nSPS) is 12.2. The number of hydrogen-bond acceptors (Lipinski definition) is 4. The summed E-state index contributed by atoms with van der Waals surface area (Å²) in [5.74, 6) is -0.427. The number of hydrogen-bond donors (Lipinski definition) is 3. The van der Waals surface area contributed by atoms with Crippen LogP contribution in [0, 0.1) is 5.82 Å². The zero-order valence-electron chi connectivity index (χ0n) is 8.39. The Balaban J connectivity index is 2.87. The van der Waals surface area contributed by atoms with Gasteiger partial charge in [0.05, 0.1) is 12.2 Å². The molecule has 0 aliphatic rings. The molecule has 88 valence electrons. The smallest absolute Gasteiger partial charge is 0.137 e. The van der Waals surface area contributed by atoms with E-state index in [4.69, 9.17) is 32.9 Å². The summed E-state index contributed by atoms with van der Waals surface area (Å²) in [6, 6.07) is 4.14. The minimum atomic E-state index is -1.03. The minimum Gasteiger partial charge on any atom is -0.490 e. The fourth-order valence-electron chi connectivity index (χ4n) is 1.10. The molecular formula is C10H12FNO3S. The first-order chi connectivity index (χ1) is 7.56. The highest BCUT2D eigenvalue weighted by molar-refractivity contribution is 7.80. The standard InChI is InChI=1S/C10H12FNO3S/c11-7-2-1-3-8(9(7)10(12)16)15-5-6(14)4-13/h1-3,6,13-14H,4-5H2,(H2,12,16). The molecule has 0 aliphatic carbocycles. The molecule has 0 saturated heterocycles. The summed E-state index contributed by atoms with van der Waals surface area (Å²) < 4.78 is 18.5. The van der Waals surface area contributed by atoms with E-state index in [1.807, 2.05) is 0 Å². The second kappa shape index (κ2) is 5.74. The predicted molar refractivity (Wildman–Crippen MR) is 60.9 cm³/mol. The second-order valence-electron chi connectivity index (χ2n) is 3.12. The molecule has 0 amide bonds. The van der Waals surface area contributed by atoms with Crippen LogP contribution in [0.3, 0.4) is 0 Å². The first kappa shape index (κ1) is 12.8. The third kappa shape index (κ3) is 3.13. The molecule has 1 unspecified atom stereocenters. The highest BCUT2D eigenvalue weighted by Crippen LogP contribution is 2.21. The van der Waals surface area contributed by atoms with Gasteiger partial charge >= 0.3 is 0 Å². The van der Waals surface area contributed by atoms with Gasteiger partial charge in [0, 0.05) is 0 Å². The van der Waals surface area contributed by atoms with Crippen molar-refractivity contribution in [1.29, 1.82) is 0 Å². The van der Waals surface area contributed by atoms with Crippen LogP contribution in [0.2, 0.25) is 0 Å². The lowest BCUT2D eigenvalue weighted by Crippen LogP contribution is -2.23. The number of rotatable bonds is 5. The molecule has 4 nitrogen and oxygen atoms in total. The van der Waals surface area contributed by atoms with Crippen LogP contribution in [-0.2, 0) is 0 Å². The first-order valence-corrected chi connectivity index (χ1v) is 4.97. The highest BCUT2D eigenvalue weighted by atomic mass is 32.1. The molecule has 1 rings (SSSR count). The Kier molecular flexibility index (Phi) is 4.60. The molecule has 4 N–H and O–H groups in total. The maximum Gasteiger partial charge on any atom is 0.137 e. The van der Waals surface area contributed by atoms with E-state index in [1.54, 1.807) is 0 Å². The Labute approximate surface area is 97.5 Å². The number of aliphatic hydroxyl groups excluding tert-OH is 2. The van der Waals surface area contributed by atoms with Crippen molar-refractivity contribution in [3.63, 3.8) is 0 Å². The van der Waals surface area contributed by atoms with Crippen LogP contribution in [0.1, 0.15) is 5.56 Å². The molecule has 1 aromatic carbocycles. The lowest BCUT2D eigenvalue weighted by atomic mass is 10.2. The average molecular weight is 245 g/mol. The SMILES string of the molecule is NC(=S)c1c(F)cccc1OCC(O)CO. The van der Waals surface area contributed by atoms with Crippen molar-refractivity contribution < 1.29 is 19.3 Å². The average Bonchev–Trinajstić information content (AvgIpc) is 2.25. The summed E-state index contributed by atoms with van der Waals surface area (Å²) in [7, 11) is 0. The quantitative estimate of drug-likeness (QED) is 0.646. The van der Waals surface area contributed by atoms with Crippen LogP contribution < -0.4 is 10.5 Å². The molecule has 6 heteroatoms. The summed E-state index contributed by atoms with van der Waals surface area (Å²) in [6.07, 6.45) is -1.03. The van der Waals surface area contributed by atoms with Gasteiger partial charge < -0.3 is 20.7 Å². The lowest BCUT2D eigenvalue weighted by Gasteiger charge is -2.13. The molecule has 1 atom stereocenters. The number of halogens is 1. The van der Waals surface area contributed by atoms with E-state index >= 15 is 0 Å². The van der Waals surface area contributed by atoms with Crippen molar-refractivity contribution in [3.8, 4) is 5.75 Å². The van der Waals surface area contributed by atoms with Gasteiger partial charge in [0.1, 0.15) is 29.3 Å². The van der Waals surface area contributed by atoms with Gasteiger partial charge in [-0.25, -0.2) is 4.39 Å². The Bertz CT molecular complexity index is 386. The molecule has 1 aromatic rings. The predicted octanol–water partition coefficient (Wildman–Crippen LogP) is 0.192. The largest absolute Gasteiger partial charge is 0.490 e. The molecular weight excluding hydrogens is 233 g/mol. The van der Waals surface area contributed by atoms with Crippen LogP contribution in [0.5, 0.6) is 5.75 Å². The Morgan fingerprint density at radius 3 is 2.81 bits per heavy atom. The summed E-state index contributed by atoms with van der Waals surface area (Å²) in [6.45, 7) is -0.590. The third-order valence-corrected chi connectivity index (χ3v) is 2.07. The fourth-order valence-corrected chi connectivity index (χ4v) is 1.30. The Morgan fingerprint density at radius 1 is 1.56 bits per heavy atom. The zero-order valence-corrected chi connectivity index (χ0v) is 9.21. The molecule has 16 heavy (non-hydrogen) atoms. The van der Waals surface area contributed by atoms with Gasteiger partial charge in [-0.05, 0) is 12.1 Å². The van der Waals surface area contributed by atoms with Gasteiger partial charge in [-0.15, -0.1) is 0 Å². The van der Waals surface area contributed by atoms with Crippen molar-refractivity contribution in [2.75, 3.05) is 13.2 Å². The lowest BCUT2D eigenvalue weighted by molar-refractivity contribution is 0.0534. The van der Waals surface area contributed by atoms with E-state index in [0.29, 0.717) is 0 Å². The molecule has 0 spiro atoms. The van der Waals surface area contributed by atoms with Gasteiger partial charge in [0.15, 0.2) is 0 Å². The number of nitrogens with two attached hydrogens (primary N) is 1. The number of ether oxygens (including phenoxy) is 1. The van der Waals surface area contributed by atoms with Crippen molar-refractivity contribution in [2.24, 2.45) is 5.73 Å². The van der Waals surface area contributed by atoms with Gasteiger partial charge in [-0.2, -0.15) is 0 Å². The summed E-state index contributed by atoms with van der Waals surface area (Å²) in [5, 5.41) is 17.7. The van der Waals surface area contributed by atoms with Crippen LogP contribution >= 0.6 is 12.2 Å². The van der Waals surface area contributed by atoms with Crippen molar-refractivity contribution in [3.05, 3.63) is 29.6 Å². The van der Waals surface area contributed by atoms with Crippen LogP contribution in [-0.4, -0.2) is 34.5 Å². The molecule has 0 heterocycles. The van der Waals surface area contributed by atoms with Gasteiger partial charge in [0.25, 0.3) is 0 Å². The van der Waals surface area contributed by atoms with E-state index < -0.39 is 18.5 Å². The Morgan fingerprint density at radius 2 is 2.25 bits per heavy atom. The van der Waals surface area contributed by atoms with Crippen LogP contribution in [0.15, 0.2) is 18.2 Å². The van der Waals surface area contributed by atoms with Gasteiger partial charge in [-0.3, -0.25) is 0 Å². The zero-order chi connectivity index (χ0) is 12.1. The maximum atomic E-state index is 13.3. The number of thiocarbonyl (C=S) groups is 1. The van der Waals surface area contributed by atoms with E-state index in [2.05, 4.69) is 0 Å². The topological polar surface area (TPSA) is 75.7 Å². The fraction of sp³-hybridized carbons (Fsp3) is 0.300. The summed E-state index contributed by atoms with van der Waals surface area (Å²) in [5.41, 5.74) is 5.36. The number of benzene rings is 1. The van der Waals surface area contributed by atoms with Crippen molar-refractivity contribution >= 4 is 17.2 Å². The van der Waals surface area contributed by atoms with Crippen LogP contribution in [0.4, 0.5) is 4.39 Å². The molecule has 0 bridgehead atoms. The third-order valence-electron chi connectivity index (χ3n) is 1.86. The van der Waals surface area contributed by atoms with E-state index in [9.17, 15) is 4.39 Å².